The highest BCUT2D eigenvalue weighted by molar-refractivity contribution is 5.93. The first-order valence-corrected chi connectivity index (χ1v) is 4.33. The molecule has 0 saturated carbocycles. The molecule has 94 valence electrons. The van der Waals surface area contributed by atoms with Gasteiger partial charge in [-0.1, -0.05) is 0 Å². The van der Waals surface area contributed by atoms with Gasteiger partial charge in [-0.2, -0.15) is 13.2 Å². The third-order valence-corrected chi connectivity index (χ3v) is 1.94. The van der Waals surface area contributed by atoms with Gasteiger partial charge in [0, 0.05) is 6.42 Å². The number of hydrogen-bond acceptors (Lipinski definition) is 3. The standard InChI is InChI=1S/C9H7F3O5/c10-9(11,12)6-2-1-4(17-6)3-5(7(13)14)8(15)16/h1-2,5H,3H2,(H,13,14)(H,15,16). The Morgan fingerprint density at radius 2 is 1.76 bits per heavy atom. The second-order valence-electron chi connectivity index (χ2n) is 3.20. The molecule has 8 heteroatoms. The SMILES string of the molecule is O=C(O)C(Cc1ccc(C(F)(F)F)o1)C(=O)O. The molecule has 0 aliphatic heterocycles. The summed E-state index contributed by atoms with van der Waals surface area (Å²) in [5.41, 5.74) is 0. The molecule has 0 aliphatic carbocycles. The molecule has 0 amide bonds. The second kappa shape index (κ2) is 4.48. The van der Waals surface area contributed by atoms with E-state index in [1.807, 2.05) is 0 Å². The summed E-state index contributed by atoms with van der Waals surface area (Å²) < 4.78 is 40.7. The molecule has 17 heavy (non-hydrogen) atoms. The number of furan rings is 1. The Labute approximate surface area is 92.5 Å². The lowest BCUT2D eigenvalue weighted by atomic mass is 10.1. The zero-order chi connectivity index (χ0) is 13.2. The number of rotatable bonds is 4. The summed E-state index contributed by atoms with van der Waals surface area (Å²) in [5.74, 6) is -6.73. The average Bonchev–Trinajstić information content (AvgIpc) is 2.60. The lowest BCUT2D eigenvalue weighted by molar-refractivity contribution is -0.155. The van der Waals surface area contributed by atoms with E-state index in [-0.39, 0.29) is 5.76 Å². The number of aliphatic carboxylic acids is 2. The van der Waals surface area contributed by atoms with Crippen molar-refractivity contribution in [1.29, 1.82) is 0 Å². The van der Waals surface area contributed by atoms with E-state index in [0.717, 1.165) is 6.07 Å². The van der Waals surface area contributed by atoms with E-state index < -0.39 is 36.2 Å². The van der Waals surface area contributed by atoms with Gasteiger partial charge in [0.05, 0.1) is 0 Å². The summed E-state index contributed by atoms with van der Waals surface area (Å²) in [4.78, 5) is 21.0. The first kappa shape index (κ1) is 13.1. The van der Waals surface area contributed by atoms with Gasteiger partial charge in [-0.15, -0.1) is 0 Å². The van der Waals surface area contributed by atoms with Crippen molar-refractivity contribution in [3.05, 3.63) is 23.7 Å². The van der Waals surface area contributed by atoms with Gasteiger partial charge in [-0.25, -0.2) is 0 Å². The zero-order valence-corrected chi connectivity index (χ0v) is 8.19. The number of carboxylic acid groups (broad SMARTS) is 2. The zero-order valence-electron chi connectivity index (χ0n) is 8.19. The summed E-state index contributed by atoms with van der Waals surface area (Å²) in [5, 5.41) is 17.1. The molecule has 0 aromatic carbocycles. The molecule has 1 rings (SSSR count). The summed E-state index contributed by atoms with van der Waals surface area (Å²) >= 11 is 0. The number of hydrogen-bond donors (Lipinski definition) is 2. The van der Waals surface area contributed by atoms with E-state index in [4.69, 9.17) is 10.2 Å². The number of carboxylic acids is 2. The third kappa shape index (κ3) is 3.23. The van der Waals surface area contributed by atoms with Crippen LogP contribution in [0.4, 0.5) is 13.2 Å². The van der Waals surface area contributed by atoms with Gasteiger partial charge >= 0.3 is 18.1 Å². The van der Waals surface area contributed by atoms with Crippen LogP contribution >= 0.6 is 0 Å². The smallest absolute Gasteiger partial charge is 0.449 e. The molecule has 0 unspecified atom stereocenters. The summed E-state index contributed by atoms with van der Waals surface area (Å²) in [6.07, 6.45) is -5.32. The van der Waals surface area contributed by atoms with Gasteiger partial charge in [-0.05, 0) is 12.1 Å². The van der Waals surface area contributed by atoms with Crippen LogP contribution in [0.15, 0.2) is 16.5 Å². The predicted octanol–water partition coefficient (Wildman–Crippen LogP) is 1.63. The maximum absolute atomic E-state index is 12.1. The topological polar surface area (TPSA) is 87.7 Å². The van der Waals surface area contributed by atoms with Gasteiger partial charge < -0.3 is 14.6 Å². The molecule has 1 heterocycles. The fourth-order valence-corrected chi connectivity index (χ4v) is 1.12. The number of halogens is 3. The first-order chi connectivity index (χ1) is 7.71. The van der Waals surface area contributed by atoms with E-state index >= 15 is 0 Å². The first-order valence-electron chi connectivity index (χ1n) is 4.33. The van der Waals surface area contributed by atoms with E-state index in [0.29, 0.717) is 6.07 Å². The molecular formula is C9H7F3O5. The molecule has 0 bridgehead atoms. The highest BCUT2D eigenvalue weighted by atomic mass is 19.4. The van der Waals surface area contributed by atoms with E-state index in [1.165, 1.54) is 0 Å². The van der Waals surface area contributed by atoms with Gasteiger partial charge in [0.15, 0.2) is 5.92 Å². The fraction of sp³-hybridized carbons (Fsp3) is 0.333. The summed E-state index contributed by atoms with van der Waals surface area (Å²) in [6.45, 7) is 0. The van der Waals surface area contributed by atoms with Crippen LogP contribution in [0.3, 0.4) is 0 Å². The van der Waals surface area contributed by atoms with Crippen LogP contribution in [-0.2, 0) is 22.2 Å². The molecular weight excluding hydrogens is 245 g/mol. The molecule has 1 aromatic rings. The van der Waals surface area contributed by atoms with Crippen molar-refractivity contribution in [2.45, 2.75) is 12.6 Å². The highest BCUT2D eigenvalue weighted by Crippen LogP contribution is 2.31. The second-order valence-corrected chi connectivity index (χ2v) is 3.20. The molecule has 2 N–H and O–H groups in total. The van der Waals surface area contributed by atoms with E-state index in [1.54, 1.807) is 0 Å². The van der Waals surface area contributed by atoms with Gasteiger partial charge in [0.2, 0.25) is 5.76 Å². The van der Waals surface area contributed by atoms with Crippen molar-refractivity contribution in [3.63, 3.8) is 0 Å². The van der Waals surface area contributed by atoms with E-state index in [2.05, 4.69) is 4.42 Å². The fourth-order valence-electron chi connectivity index (χ4n) is 1.12. The maximum atomic E-state index is 12.1. The van der Waals surface area contributed by atoms with Crippen LogP contribution in [0.2, 0.25) is 0 Å². The Kier molecular flexibility index (Phi) is 3.45. The van der Waals surface area contributed by atoms with Crippen molar-refractivity contribution >= 4 is 11.9 Å². The molecule has 1 aromatic heterocycles. The van der Waals surface area contributed by atoms with Gasteiger partial charge in [-0.3, -0.25) is 9.59 Å². The number of carbonyl (C=O) groups is 2. The molecule has 0 saturated heterocycles. The summed E-state index contributed by atoms with van der Waals surface area (Å²) in [7, 11) is 0. The quantitative estimate of drug-likeness (QED) is 0.795. The Hall–Kier alpha value is -1.99. The van der Waals surface area contributed by atoms with E-state index in [9.17, 15) is 22.8 Å². The van der Waals surface area contributed by atoms with Gasteiger partial charge in [0.25, 0.3) is 0 Å². The lowest BCUT2D eigenvalue weighted by Crippen LogP contribution is -2.25. The Morgan fingerprint density at radius 3 is 2.12 bits per heavy atom. The largest absolute Gasteiger partial charge is 0.481 e. The van der Waals surface area contributed by atoms with Crippen molar-refractivity contribution < 1.29 is 37.4 Å². The van der Waals surface area contributed by atoms with Crippen LogP contribution < -0.4 is 0 Å². The van der Waals surface area contributed by atoms with Gasteiger partial charge in [0.1, 0.15) is 5.76 Å². The summed E-state index contributed by atoms with van der Waals surface area (Å²) in [6, 6.07) is 1.53. The van der Waals surface area contributed by atoms with Crippen molar-refractivity contribution in [1.82, 2.24) is 0 Å². The molecule has 0 fully saturated rings. The Bertz CT molecular complexity index is 420. The van der Waals surface area contributed by atoms with Crippen LogP contribution in [0.25, 0.3) is 0 Å². The van der Waals surface area contributed by atoms with Crippen molar-refractivity contribution in [2.75, 3.05) is 0 Å². The van der Waals surface area contributed by atoms with Crippen LogP contribution in [0.1, 0.15) is 11.5 Å². The minimum atomic E-state index is -4.68. The number of alkyl halides is 3. The minimum absolute atomic E-state index is 0.341. The van der Waals surface area contributed by atoms with Crippen molar-refractivity contribution in [3.8, 4) is 0 Å². The van der Waals surface area contributed by atoms with Crippen molar-refractivity contribution in [2.24, 2.45) is 5.92 Å². The van der Waals surface area contributed by atoms with Crippen LogP contribution in [0, 0.1) is 5.92 Å². The average molecular weight is 252 g/mol. The monoisotopic (exact) mass is 252 g/mol. The van der Waals surface area contributed by atoms with Crippen LogP contribution in [-0.4, -0.2) is 22.2 Å². The lowest BCUT2D eigenvalue weighted by Gasteiger charge is -2.05. The molecule has 0 radical (unpaired) electrons. The third-order valence-electron chi connectivity index (χ3n) is 1.94. The molecule has 0 aliphatic rings. The predicted molar refractivity (Wildman–Crippen MR) is 46.2 cm³/mol. The highest BCUT2D eigenvalue weighted by Gasteiger charge is 2.35. The van der Waals surface area contributed by atoms with Crippen LogP contribution in [0.5, 0.6) is 0 Å². The normalized spacial score (nSPS) is 11.8. The molecule has 5 nitrogen and oxygen atoms in total. The minimum Gasteiger partial charge on any atom is -0.481 e. The maximum Gasteiger partial charge on any atom is 0.449 e. The Morgan fingerprint density at radius 1 is 1.24 bits per heavy atom. The molecule has 0 atom stereocenters. The Balaban J connectivity index is 2.85. The molecule has 0 spiro atoms.